The summed E-state index contributed by atoms with van der Waals surface area (Å²) in [6.07, 6.45) is 2.88. The first-order valence-electron chi connectivity index (χ1n) is 5.29. The molecule has 0 saturated carbocycles. The van der Waals surface area contributed by atoms with Gasteiger partial charge in [-0.15, -0.1) is 0 Å². The first-order chi connectivity index (χ1) is 8.59. The van der Waals surface area contributed by atoms with E-state index in [0.717, 1.165) is 15.7 Å². The van der Waals surface area contributed by atoms with Gasteiger partial charge in [-0.3, -0.25) is 4.98 Å². The van der Waals surface area contributed by atoms with Gasteiger partial charge in [0.1, 0.15) is 5.56 Å². The summed E-state index contributed by atoms with van der Waals surface area (Å²) in [6.45, 7) is 1.97. The molecule has 4 nitrogen and oxygen atoms in total. The van der Waals surface area contributed by atoms with Crippen molar-refractivity contribution < 1.29 is 9.90 Å². The largest absolute Gasteiger partial charge is 0.478 e. The number of hydrogen-bond donors (Lipinski definition) is 2. The van der Waals surface area contributed by atoms with Gasteiger partial charge in [0, 0.05) is 16.9 Å². The number of halogens is 1. The van der Waals surface area contributed by atoms with Gasteiger partial charge in [0.15, 0.2) is 0 Å². The van der Waals surface area contributed by atoms with Gasteiger partial charge >= 0.3 is 5.97 Å². The fourth-order valence-corrected chi connectivity index (χ4v) is 1.93. The molecule has 1 aromatic heterocycles. The highest BCUT2D eigenvalue weighted by molar-refractivity contribution is 9.10. The Kier molecular flexibility index (Phi) is 3.62. The molecular weight excluding hydrogens is 296 g/mol. The van der Waals surface area contributed by atoms with Crippen molar-refractivity contribution in [3.05, 3.63) is 52.3 Å². The lowest BCUT2D eigenvalue weighted by Gasteiger charge is -2.11. The maximum absolute atomic E-state index is 11.1. The Morgan fingerprint density at radius 3 is 2.83 bits per heavy atom. The number of carboxylic acids is 1. The Balaban J connectivity index is 2.40. The van der Waals surface area contributed by atoms with E-state index >= 15 is 0 Å². The summed E-state index contributed by atoms with van der Waals surface area (Å²) in [5.74, 6) is -1.01. The molecule has 0 atom stereocenters. The van der Waals surface area contributed by atoms with Gasteiger partial charge in [0.05, 0.1) is 11.4 Å². The number of hydrogen-bond acceptors (Lipinski definition) is 3. The highest BCUT2D eigenvalue weighted by Crippen LogP contribution is 2.29. The summed E-state index contributed by atoms with van der Waals surface area (Å²) >= 11 is 3.47. The van der Waals surface area contributed by atoms with Crippen LogP contribution in [-0.4, -0.2) is 16.1 Å². The molecule has 2 N–H and O–H groups in total. The molecule has 0 bridgehead atoms. The predicted molar refractivity (Wildman–Crippen MR) is 73.4 cm³/mol. The zero-order valence-electron chi connectivity index (χ0n) is 9.64. The first kappa shape index (κ1) is 12.6. The van der Waals surface area contributed by atoms with Gasteiger partial charge in [-0.05, 0) is 40.5 Å². The van der Waals surface area contributed by atoms with E-state index in [2.05, 4.69) is 26.2 Å². The van der Waals surface area contributed by atoms with Crippen LogP contribution >= 0.6 is 15.9 Å². The summed E-state index contributed by atoms with van der Waals surface area (Å²) < 4.78 is 0.915. The van der Waals surface area contributed by atoms with Gasteiger partial charge in [0.25, 0.3) is 0 Å². The summed E-state index contributed by atoms with van der Waals surface area (Å²) in [5, 5.41) is 12.2. The molecule has 0 amide bonds. The van der Waals surface area contributed by atoms with Crippen LogP contribution in [0.4, 0.5) is 11.4 Å². The number of aromatic nitrogens is 1. The minimum absolute atomic E-state index is 0.144. The number of carboxylic acid groups (broad SMARTS) is 1. The Morgan fingerprint density at radius 1 is 1.33 bits per heavy atom. The normalized spacial score (nSPS) is 10.1. The zero-order chi connectivity index (χ0) is 13.1. The smallest absolute Gasteiger partial charge is 0.339 e. The van der Waals surface area contributed by atoms with E-state index in [9.17, 15) is 4.79 Å². The van der Waals surface area contributed by atoms with Crippen LogP contribution in [0.1, 0.15) is 15.9 Å². The van der Waals surface area contributed by atoms with Gasteiger partial charge < -0.3 is 10.4 Å². The van der Waals surface area contributed by atoms with E-state index in [1.165, 1.54) is 6.20 Å². The van der Waals surface area contributed by atoms with Gasteiger partial charge in [-0.25, -0.2) is 4.79 Å². The SMILES string of the molecule is Cc1cccc(Nc2ccncc2C(=O)O)c1Br. The molecule has 0 aliphatic carbocycles. The Hall–Kier alpha value is -1.88. The molecule has 0 fully saturated rings. The fourth-order valence-electron chi connectivity index (χ4n) is 1.56. The topological polar surface area (TPSA) is 62.2 Å². The monoisotopic (exact) mass is 306 g/mol. The number of aryl methyl sites for hydroxylation is 1. The number of aromatic carboxylic acids is 1. The Labute approximate surface area is 113 Å². The van der Waals surface area contributed by atoms with Gasteiger partial charge in [-0.2, -0.15) is 0 Å². The third-order valence-corrected chi connectivity index (χ3v) is 3.57. The molecule has 0 saturated heterocycles. The maximum Gasteiger partial charge on any atom is 0.339 e. The molecule has 0 aliphatic heterocycles. The number of rotatable bonds is 3. The summed E-state index contributed by atoms with van der Waals surface area (Å²) in [6, 6.07) is 7.39. The number of anilines is 2. The van der Waals surface area contributed by atoms with Gasteiger partial charge in [-0.1, -0.05) is 12.1 Å². The van der Waals surface area contributed by atoms with Crippen molar-refractivity contribution in [1.29, 1.82) is 0 Å². The number of benzene rings is 1. The van der Waals surface area contributed by atoms with Crippen molar-refractivity contribution in [3.63, 3.8) is 0 Å². The van der Waals surface area contributed by atoms with Crippen molar-refractivity contribution in [2.24, 2.45) is 0 Å². The molecule has 0 unspecified atom stereocenters. The van der Waals surface area contributed by atoms with Crippen LogP contribution in [0.25, 0.3) is 0 Å². The van der Waals surface area contributed by atoms with E-state index in [-0.39, 0.29) is 5.56 Å². The van der Waals surface area contributed by atoms with Crippen LogP contribution < -0.4 is 5.32 Å². The van der Waals surface area contributed by atoms with Crippen molar-refractivity contribution >= 4 is 33.3 Å². The van der Waals surface area contributed by atoms with Gasteiger partial charge in [0.2, 0.25) is 0 Å². The van der Waals surface area contributed by atoms with E-state index in [1.807, 2.05) is 25.1 Å². The molecule has 0 radical (unpaired) electrons. The second kappa shape index (κ2) is 5.18. The van der Waals surface area contributed by atoms with Crippen LogP contribution in [-0.2, 0) is 0 Å². The molecular formula is C13H11BrN2O2. The molecule has 1 aromatic carbocycles. The zero-order valence-corrected chi connectivity index (χ0v) is 11.2. The first-order valence-corrected chi connectivity index (χ1v) is 6.08. The van der Waals surface area contributed by atoms with Crippen LogP contribution in [0.3, 0.4) is 0 Å². The Morgan fingerprint density at radius 2 is 2.11 bits per heavy atom. The number of nitrogens with zero attached hydrogens (tertiary/aromatic N) is 1. The molecule has 0 spiro atoms. The molecule has 5 heteroatoms. The lowest BCUT2D eigenvalue weighted by atomic mass is 10.2. The van der Waals surface area contributed by atoms with E-state index < -0.39 is 5.97 Å². The minimum atomic E-state index is -1.01. The highest BCUT2D eigenvalue weighted by atomic mass is 79.9. The van der Waals surface area contributed by atoms with Crippen molar-refractivity contribution in [3.8, 4) is 0 Å². The van der Waals surface area contributed by atoms with Crippen molar-refractivity contribution in [1.82, 2.24) is 4.98 Å². The minimum Gasteiger partial charge on any atom is -0.478 e. The summed E-state index contributed by atoms with van der Waals surface area (Å²) in [4.78, 5) is 14.9. The third kappa shape index (κ3) is 2.51. The van der Waals surface area contributed by atoms with Crippen LogP contribution in [0.5, 0.6) is 0 Å². The summed E-state index contributed by atoms with van der Waals surface area (Å²) in [5.41, 5.74) is 2.56. The fraction of sp³-hybridized carbons (Fsp3) is 0.0769. The lowest BCUT2D eigenvalue weighted by Crippen LogP contribution is -2.03. The predicted octanol–water partition coefficient (Wildman–Crippen LogP) is 3.59. The molecule has 2 rings (SSSR count). The third-order valence-electron chi connectivity index (χ3n) is 2.51. The average molecular weight is 307 g/mol. The average Bonchev–Trinajstić information content (AvgIpc) is 2.35. The van der Waals surface area contributed by atoms with Crippen molar-refractivity contribution in [2.75, 3.05) is 5.32 Å². The molecule has 0 aliphatic rings. The standard InChI is InChI=1S/C13H11BrN2O2/c1-8-3-2-4-11(12(8)14)16-10-5-6-15-7-9(10)13(17)18/h2-7H,1H3,(H,15,16)(H,17,18). The second-order valence-corrected chi connectivity index (χ2v) is 4.58. The van der Waals surface area contributed by atoms with Crippen LogP contribution in [0.2, 0.25) is 0 Å². The lowest BCUT2D eigenvalue weighted by molar-refractivity contribution is 0.0697. The number of pyridine rings is 1. The number of carbonyl (C=O) groups is 1. The van der Waals surface area contributed by atoms with Crippen LogP contribution in [0.15, 0.2) is 41.1 Å². The maximum atomic E-state index is 11.1. The highest BCUT2D eigenvalue weighted by Gasteiger charge is 2.11. The quantitative estimate of drug-likeness (QED) is 0.909. The van der Waals surface area contributed by atoms with E-state index in [4.69, 9.17) is 5.11 Å². The van der Waals surface area contributed by atoms with Crippen LogP contribution in [0, 0.1) is 6.92 Å². The molecule has 18 heavy (non-hydrogen) atoms. The molecule has 2 aromatic rings. The molecule has 92 valence electrons. The summed E-state index contributed by atoms with van der Waals surface area (Å²) in [7, 11) is 0. The van der Waals surface area contributed by atoms with Crippen molar-refractivity contribution in [2.45, 2.75) is 6.92 Å². The number of nitrogens with one attached hydrogen (secondary N) is 1. The van der Waals surface area contributed by atoms with E-state index in [1.54, 1.807) is 12.3 Å². The van der Waals surface area contributed by atoms with E-state index in [0.29, 0.717) is 5.69 Å². The second-order valence-electron chi connectivity index (χ2n) is 3.79. The molecule has 1 heterocycles. The Bertz CT molecular complexity index is 599.